The molecular formula is C10H13F9Si. The molecule has 0 aromatic rings. The number of halogens is 9. The molecule has 0 saturated carbocycles. The predicted molar refractivity (Wildman–Crippen MR) is 58.6 cm³/mol. The van der Waals surface area contributed by atoms with Gasteiger partial charge in [0.15, 0.2) is 0 Å². The van der Waals surface area contributed by atoms with Crippen molar-refractivity contribution >= 4 is 8.80 Å². The summed E-state index contributed by atoms with van der Waals surface area (Å²) in [6.45, 7) is 5.18. The minimum Gasteiger partial charge on any atom is -0.234 e. The molecule has 10 heteroatoms. The van der Waals surface area contributed by atoms with Gasteiger partial charge in [0.1, 0.15) is 0 Å². The first-order valence-corrected chi connectivity index (χ1v) is 8.40. The summed E-state index contributed by atoms with van der Waals surface area (Å²) in [6.07, 6.45) is -8.83. The van der Waals surface area contributed by atoms with Crippen molar-refractivity contribution in [2.24, 2.45) is 0 Å². The van der Waals surface area contributed by atoms with Crippen LogP contribution in [0.5, 0.6) is 0 Å². The molecule has 120 valence electrons. The third-order valence-electron chi connectivity index (χ3n) is 2.80. The number of rotatable bonds is 7. The normalized spacial score (nSPS) is 17.4. The molecule has 0 aliphatic carbocycles. The van der Waals surface area contributed by atoms with E-state index in [1.54, 1.807) is 0 Å². The van der Waals surface area contributed by atoms with Crippen LogP contribution in [0.1, 0.15) is 0 Å². The van der Waals surface area contributed by atoms with E-state index < -0.39 is 44.7 Å². The first kappa shape index (κ1) is 19.3. The first-order valence-electron chi connectivity index (χ1n) is 5.43. The predicted octanol–water partition coefficient (Wildman–Crippen LogP) is 4.54. The summed E-state index contributed by atoms with van der Waals surface area (Å²) in [5.74, 6) is -17.8. The molecule has 0 amide bonds. The van der Waals surface area contributed by atoms with E-state index >= 15 is 0 Å². The van der Waals surface area contributed by atoms with Gasteiger partial charge in [-0.1, -0.05) is 19.2 Å². The summed E-state index contributed by atoms with van der Waals surface area (Å²) in [4.78, 5) is 0. The summed E-state index contributed by atoms with van der Waals surface area (Å²) in [6, 6.07) is 0. The van der Waals surface area contributed by atoms with Crippen LogP contribution < -0.4 is 0 Å². The van der Waals surface area contributed by atoms with Gasteiger partial charge in [-0.25, -0.2) is 13.2 Å². The Labute approximate surface area is 111 Å². The zero-order valence-electron chi connectivity index (χ0n) is 10.5. The molecule has 0 N–H and O–H groups in total. The van der Waals surface area contributed by atoms with Crippen LogP contribution in [0.4, 0.5) is 39.5 Å². The van der Waals surface area contributed by atoms with E-state index in [4.69, 9.17) is 0 Å². The van der Waals surface area contributed by atoms with Gasteiger partial charge in [0.25, 0.3) is 6.43 Å². The topological polar surface area (TPSA) is 0 Å². The summed E-state index contributed by atoms with van der Waals surface area (Å²) >= 11 is 0. The van der Waals surface area contributed by atoms with E-state index in [0.29, 0.717) is 6.08 Å². The molecular weight excluding hydrogens is 319 g/mol. The molecule has 0 radical (unpaired) electrons. The van der Waals surface area contributed by atoms with E-state index in [2.05, 4.69) is 6.58 Å². The van der Waals surface area contributed by atoms with E-state index in [-0.39, 0.29) is 0 Å². The number of hydrogen-bond donors (Lipinski definition) is 0. The van der Waals surface area contributed by atoms with Crippen molar-refractivity contribution < 1.29 is 39.5 Å². The molecule has 20 heavy (non-hydrogen) atoms. The molecule has 0 aliphatic heterocycles. The molecule has 0 fully saturated rings. The maximum Gasteiger partial charge on any atom is 0.375 e. The number of hydrogen-bond acceptors (Lipinski definition) is 0. The van der Waals surface area contributed by atoms with Crippen molar-refractivity contribution in [2.75, 3.05) is 0 Å². The van der Waals surface area contributed by atoms with Gasteiger partial charge in [-0.3, -0.25) is 0 Å². The smallest absolute Gasteiger partial charge is 0.234 e. The van der Waals surface area contributed by atoms with Gasteiger partial charge in [-0.2, -0.15) is 26.3 Å². The minimum atomic E-state index is -6.26. The molecule has 2 atom stereocenters. The lowest BCUT2D eigenvalue weighted by Gasteiger charge is -2.38. The third-order valence-corrected chi connectivity index (χ3v) is 4.92. The Bertz CT molecular complexity index is 340. The van der Waals surface area contributed by atoms with Gasteiger partial charge in [-0.15, -0.1) is 6.58 Å². The second kappa shape index (κ2) is 5.98. The molecule has 2 unspecified atom stereocenters. The molecule has 0 aromatic carbocycles. The van der Waals surface area contributed by atoms with E-state index in [0.717, 1.165) is 13.1 Å². The quantitative estimate of drug-likeness (QED) is 0.365. The van der Waals surface area contributed by atoms with Gasteiger partial charge in [0.05, 0.1) is 0 Å². The fourth-order valence-electron chi connectivity index (χ4n) is 1.60. The minimum absolute atomic E-state index is 0.372. The van der Waals surface area contributed by atoms with Crippen molar-refractivity contribution in [1.29, 1.82) is 0 Å². The van der Waals surface area contributed by atoms with Crippen LogP contribution in [0.2, 0.25) is 18.6 Å². The highest BCUT2D eigenvalue weighted by Gasteiger charge is 2.77. The second-order valence-electron chi connectivity index (χ2n) is 4.56. The average Bonchev–Trinajstić information content (AvgIpc) is 2.26. The first-order chi connectivity index (χ1) is 8.75. The van der Waals surface area contributed by atoms with Crippen LogP contribution in [0.3, 0.4) is 0 Å². The Hall–Kier alpha value is -0.673. The van der Waals surface area contributed by atoms with Gasteiger partial charge in [-0.05, 0) is 0 Å². The fourth-order valence-corrected chi connectivity index (χ4v) is 3.19. The molecule has 0 saturated heterocycles. The molecule has 0 aromatic heterocycles. The zero-order chi connectivity index (χ0) is 16.5. The average molecular weight is 332 g/mol. The standard InChI is InChI=1S/C10H13F9Si/c1-4-5(20(2)3)8(14,15)10(18,19)9(16,17)6(11)7(12)13/h4-7,20H,1H2,2-3H3. The summed E-state index contributed by atoms with van der Waals surface area (Å²) in [5, 5.41) is 0. The highest BCUT2D eigenvalue weighted by molar-refractivity contribution is 6.58. The van der Waals surface area contributed by atoms with Gasteiger partial charge >= 0.3 is 17.8 Å². The van der Waals surface area contributed by atoms with Crippen LogP contribution >= 0.6 is 0 Å². The van der Waals surface area contributed by atoms with E-state index in [9.17, 15) is 39.5 Å². The van der Waals surface area contributed by atoms with Gasteiger partial charge < -0.3 is 0 Å². The van der Waals surface area contributed by atoms with E-state index in [1.807, 2.05) is 0 Å². The van der Waals surface area contributed by atoms with Crippen LogP contribution in [0, 0.1) is 0 Å². The molecule has 0 bridgehead atoms. The van der Waals surface area contributed by atoms with Crippen LogP contribution in [0.15, 0.2) is 12.7 Å². The summed E-state index contributed by atoms with van der Waals surface area (Å²) in [7, 11) is -2.63. The highest BCUT2D eigenvalue weighted by atomic mass is 28.3. The van der Waals surface area contributed by atoms with Crippen LogP contribution in [0.25, 0.3) is 0 Å². The van der Waals surface area contributed by atoms with Gasteiger partial charge in [0, 0.05) is 14.3 Å². The number of allylic oxidation sites excluding steroid dienone is 1. The third kappa shape index (κ3) is 2.99. The molecule has 0 rings (SSSR count). The van der Waals surface area contributed by atoms with Crippen molar-refractivity contribution in [2.45, 2.75) is 49.0 Å². The Morgan fingerprint density at radius 1 is 0.900 bits per heavy atom. The number of alkyl halides is 9. The monoisotopic (exact) mass is 332 g/mol. The maximum atomic E-state index is 13.6. The van der Waals surface area contributed by atoms with Crippen LogP contribution in [-0.4, -0.2) is 39.2 Å². The van der Waals surface area contributed by atoms with Crippen LogP contribution in [-0.2, 0) is 0 Å². The van der Waals surface area contributed by atoms with Gasteiger partial charge in [0.2, 0.25) is 6.17 Å². The molecule has 0 heterocycles. The lowest BCUT2D eigenvalue weighted by Crippen LogP contribution is -2.62. The Morgan fingerprint density at radius 2 is 1.30 bits per heavy atom. The highest BCUT2D eigenvalue weighted by Crippen LogP contribution is 2.54. The Morgan fingerprint density at radius 3 is 1.55 bits per heavy atom. The van der Waals surface area contributed by atoms with Crippen molar-refractivity contribution in [3.8, 4) is 0 Å². The summed E-state index contributed by atoms with van der Waals surface area (Å²) in [5.41, 5.74) is -2.30. The van der Waals surface area contributed by atoms with Crippen molar-refractivity contribution in [3.63, 3.8) is 0 Å². The zero-order valence-corrected chi connectivity index (χ0v) is 11.7. The second-order valence-corrected chi connectivity index (χ2v) is 7.77. The maximum absolute atomic E-state index is 13.6. The molecule has 0 nitrogen and oxygen atoms in total. The lowest BCUT2D eigenvalue weighted by molar-refractivity contribution is -0.332. The fraction of sp³-hybridized carbons (Fsp3) is 0.800. The largest absolute Gasteiger partial charge is 0.375 e. The van der Waals surface area contributed by atoms with Crippen molar-refractivity contribution in [1.82, 2.24) is 0 Å². The van der Waals surface area contributed by atoms with Crippen molar-refractivity contribution in [3.05, 3.63) is 12.7 Å². The molecule has 0 spiro atoms. The Balaban J connectivity index is 5.75. The SMILES string of the molecule is C=CC([SiH](C)C)C(F)(F)C(F)(F)C(F)(F)C(F)C(F)F. The summed E-state index contributed by atoms with van der Waals surface area (Å²) < 4.78 is 116. The van der Waals surface area contributed by atoms with E-state index in [1.165, 1.54) is 0 Å². The molecule has 0 aliphatic rings. The Kier molecular flexibility index (Phi) is 5.78. The lowest BCUT2D eigenvalue weighted by atomic mass is 9.97.